The number of rotatable bonds is 6. The van der Waals surface area contributed by atoms with Gasteiger partial charge in [-0.05, 0) is 25.5 Å². The van der Waals surface area contributed by atoms with Crippen molar-refractivity contribution in [2.45, 2.75) is 39.0 Å². The molecule has 0 N–H and O–H groups in total. The molecule has 0 radical (unpaired) electrons. The van der Waals surface area contributed by atoms with Gasteiger partial charge in [0, 0.05) is 12.1 Å². The van der Waals surface area contributed by atoms with Crippen LogP contribution in [-0.4, -0.2) is 29.9 Å². The third kappa shape index (κ3) is 4.23. The summed E-state index contributed by atoms with van der Waals surface area (Å²) in [7, 11) is 0. The van der Waals surface area contributed by atoms with Gasteiger partial charge in [-0.1, -0.05) is 32.9 Å². The summed E-state index contributed by atoms with van der Waals surface area (Å²) in [5.41, 5.74) is 0.273. The molecule has 1 atom stereocenters. The van der Waals surface area contributed by atoms with Crippen molar-refractivity contribution in [1.29, 1.82) is 0 Å². The number of carbonyl (C=O) groups is 2. The van der Waals surface area contributed by atoms with Gasteiger partial charge in [0.05, 0.1) is 12.5 Å². The Labute approximate surface area is 115 Å². The summed E-state index contributed by atoms with van der Waals surface area (Å²) >= 11 is 0. The van der Waals surface area contributed by atoms with Crippen LogP contribution in [0.1, 0.15) is 39.0 Å². The number of nitrogens with zero attached hydrogens (tertiary/aromatic N) is 1. The molecule has 1 saturated heterocycles. The summed E-state index contributed by atoms with van der Waals surface area (Å²) in [6, 6.07) is 0. The van der Waals surface area contributed by atoms with E-state index in [4.69, 9.17) is 4.74 Å². The molecule has 1 aliphatic heterocycles. The molecule has 0 saturated carbocycles. The molecular weight excluding hydrogens is 242 g/mol. The topological polar surface area (TPSA) is 46.6 Å². The second kappa shape index (κ2) is 7.77. The average molecular weight is 265 g/mol. The molecule has 4 nitrogen and oxygen atoms in total. The smallest absolute Gasteiger partial charge is 0.334 e. The molecule has 4 heteroatoms. The Bertz CT molecular complexity index is 362. The highest BCUT2D eigenvalue weighted by Crippen LogP contribution is 2.24. The van der Waals surface area contributed by atoms with Crippen molar-refractivity contribution in [3.8, 4) is 0 Å². The number of likely N-dealkylation sites (tertiary alicyclic amines) is 1. The molecule has 0 spiro atoms. The van der Waals surface area contributed by atoms with Crippen LogP contribution in [0.4, 0.5) is 0 Å². The number of unbranched alkanes of at least 4 members (excludes halogenated alkanes) is 1. The maximum Gasteiger partial charge on any atom is 0.334 e. The highest BCUT2D eigenvalue weighted by Gasteiger charge is 2.31. The molecule has 106 valence electrons. The van der Waals surface area contributed by atoms with Gasteiger partial charge in [-0.3, -0.25) is 4.79 Å². The predicted molar refractivity (Wildman–Crippen MR) is 74.3 cm³/mol. The molecule has 1 heterocycles. The zero-order chi connectivity index (χ0) is 14.3. The van der Waals surface area contributed by atoms with Crippen molar-refractivity contribution in [2.75, 3.05) is 13.2 Å². The van der Waals surface area contributed by atoms with Gasteiger partial charge in [-0.2, -0.15) is 0 Å². The maximum atomic E-state index is 12.2. The van der Waals surface area contributed by atoms with Crippen LogP contribution >= 0.6 is 0 Å². The van der Waals surface area contributed by atoms with Crippen molar-refractivity contribution in [3.05, 3.63) is 24.9 Å². The Morgan fingerprint density at radius 2 is 2.26 bits per heavy atom. The molecule has 0 aromatic heterocycles. The van der Waals surface area contributed by atoms with Gasteiger partial charge in [0.2, 0.25) is 5.91 Å². The van der Waals surface area contributed by atoms with E-state index >= 15 is 0 Å². The Hall–Kier alpha value is -1.58. The van der Waals surface area contributed by atoms with Gasteiger partial charge in [-0.15, -0.1) is 0 Å². The molecule has 1 amide bonds. The molecule has 0 aromatic rings. The fourth-order valence-corrected chi connectivity index (χ4v) is 2.11. The number of esters is 1. The van der Waals surface area contributed by atoms with E-state index < -0.39 is 11.9 Å². The molecule has 19 heavy (non-hydrogen) atoms. The molecular formula is C15H23NO3. The number of amides is 1. The van der Waals surface area contributed by atoms with Gasteiger partial charge in [0.1, 0.15) is 0 Å². The van der Waals surface area contributed by atoms with Gasteiger partial charge < -0.3 is 9.64 Å². The molecule has 1 unspecified atom stereocenters. The quantitative estimate of drug-likeness (QED) is 0.421. The minimum atomic E-state index is -0.463. The standard InChI is InChI=1S/C15H23NO3/c1-4-6-11-19-15(18)12(3)13-9-7-8-10-16(5-2)14(13)17/h5,13H,2-4,6-11H2,1H3. The first-order valence-corrected chi connectivity index (χ1v) is 6.90. The van der Waals surface area contributed by atoms with Gasteiger partial charge in [0.15, 0.2) is 0 Å². The summed E-state index contributed by atoms with van der Waals surface area (Å²) in [4.78, 5) is 25.7. The van der Waals surface area contributed by atoms with Crippen LogP contribution in [-0.2, 0) is 14.3 Å². The van der Waals surface area contributed by atoms with E-state index in [-0.39, 0.29) is 11.5 Å². The summed E-state index contributed by atoms with van der Waals surface area (Å²) in [6.07, 6.45) is 5.80. The highest BCUT2D eigenvalue weighted by molar-refractivity contribution is 5.96. The highest BCUT2D eigenvalue weighted by atomic mass is 16.5. The van der Waals surface area contributed by atoms with Crippen LogP contribution in [0.3, 0.4) is 0 Å². The predicted octanol–water partition coefficient (Wildman–Crippen LogP) is 2.66. The lowest BCUT2D eigenvalue weighted by Gasteiger charge is -2.21. The number of carbonyl (C=O) groups excluding carboxylic acids is 2. The van der Waals surface area contributed by atoms with E-state index in [2.05, 4.69) is 13.2 Å². The minimum Gasteiger partial charge on any atom is -0.462 e. The first kappa shape index (κ1) is 15.5. The largest absolute Gasteiger partial charge is 0.462 e. The van der Waals surface area contributed by atoms with E-state index in [1.54, 1.807) is 4.90 Å². The van der Waals surface area contributed by atoms with Gasteiger partial charge >= 0.3 is 5.97 Å². The van der Waals surface area contributed by atoms with Gasteiger partial charge in [0.25, 0.3) is 0 Å². The Kier molecular flexibility index (Phi) is 6.33. The van der Waals surface area contributed by atoms with E-state index in [0.29, 0.717) is 19.6 Å². The molecule has 0 bridgehead atoms. The molecule has 1 fully saturated rings. The zero-order valence-corrected chi connectivity index (χ0v) is 11.7. The second-order valence-electron chi connectivity index (χ2n) is 4.78. The van der Waals surface area contributed by atoms with E-state index in [9.17, 15) is 9.59 Å². The summed E-state index contributed by atoms with van der Waals surface area (Å²) in [5.74, 6) is -1.00. The van der Waals surface area contributed by atoms with Crippen molar-refractivity contribution in [2.24, 2.45) is 5.92 Å². The van der Waals surface area contributed by atoms with E-state index in [0.717, 1.165) is 25.7 Å². The third-order valence-electron chi connectivity index (χ3n) is 3.36. The number of ether oxygens (including phenoxy) is 1. The lowest BCUT2D eigenvalue weighted by molar-refractivity contribution is -0.142. The average Bonchev–Trinajstić information content (AvgIpc) is 2.59. The SMILES string of the molecule is C=CN1CCCCC(C(=C)C(=O)OCCCC)C1=O. The van der Waals surface area contributed by atoms with Crippen molar-refractivity contribution in [1.82, 2.24) is 4.90 Å². The van der Waals surface area contributed by atoms with E-state index in [1.165, 1.54) is 6.20 Å². The Morgan fingerprint density at radius 1 is 1.53 bits per heavy atom. The molecule has 1 rings (SSSR count). The van der Waals surface area contributed by atoms with Crippen molar-refractivity contribution in [3.63, 3.8) is 0 Å². The lowest BCUT2D eigenvalue weighted by atomic mass is 9.94. The minimum absolute atomic E-state index is 0.0926. The lowest BCUT2D eigenvalue weighted by Crippen LogP contribution is -2.33. The first-order chi connectivity index (χ1) is 9.11. The monoisotopic (exact) mass is 265 g/mol. The third-order valence-corrected chi connectivity index (χ3v) is 3.36. The van der Waals surface area contributed by atoms with Gasteiger partial charge in [-0.25, -0.2) is 4.79 Å². The van der Waals surface area contributed by atoms with Crippen molar-refractivity contribution < 1.29 is 14.3 Å². The first-order valence-electron chi connectivity index (χ1n) is 6.90. The van der Waals surface area contributed by atoms with Crippen LogP contribution in [0.2, 0.25) is 0 Å². The molecule has 1 aliphatic rings. The fraction of sp³-hybridized carbons (Fsp3) is 0.600. The van der Waals surface area contributed by atoms with Crippen LogP contribution in [0, 0.1) is 5.92 Å². The number of hydrogen-bond acceptors (Lipinski definition) is 3. The molecule has 0 aromatic carbocycles. The normalized spacial score (nSPS) is 19.7. The molecule has 0 aliphatic carbocycles. The number of hydrogen-bond donors (Lipinski definition) is 0. The van der Waals surface area contributed by atoms with Crippen molar-refractivity contribution >= 4 is 11.9 Å². The zero-order valence-electron chi connectivity index (χ0n) is 11.7. The summed E-state index contributed by atoms with van der Waals surface area (Å²) in [6.45, 7) is 10.5. The van der Waals surface area contributed by atoms with Crippen LogP contribution in [0.5, 0.6) is 0 Å². The summed E-state index contributed by atoms with van der Waals surface area (Å²) in [5, 5.41) is 0. The Morgan fingerprint density at radius 3 is 2.89 bits per heavy atom. The summed E-state index contributed by atoms with van der Waals surface area (Å²) < 4.78 is 5.12. The van der Waals surface area contributed by atoms with Crippen LogP contribution in [0.15, 0.2) is 24.9 Å². The maximum absolute atomic E-state index is 12.2. The van der Waals surface area contributed by atoms with Crippen LogP contribution < -0.4 is 0 Å². The Balaban J connectivity index is 2.65. The fourth-order valence-electron chi connectivity index (χ4n) is 2.11. The van der Waals surface area contributed by atoms with Crippen LogP contribution in [0.25, 0.3) is 0 Å². The second-order valence-corrected chi connectivity index (χ2v) is 4.78. The van der Waals surface area contributed by atoms with E-state index in [1.807, 2.05) is 6.92 Å².